The van der Waals surface area contributed by atoms with Gasteiger partial charge < -0.3 is 4.90 Å². The summed E-state index contributed by atoms with van der Waals surface area (Å²) in [6, 6.07) is 14.9. The quantitative estimate of drug-likeness (QED) is 0.800. The van der Waals surface area contributed by atoms with Gasteiger partial charge in [-0.15, -0.1) is 0 Å². The number of Topliss-reactive ketones (excluding diaryl/α,β-unsaturated/α-hetero) is 1. The molecule has 0 saturated carbocycles. The Kier molecular flexibility index (Phi) is 2.45. The van der Waals surface area contributed by atoms with Crippen LogP contribution in [0, 0.1) is 0 Å². The number of carbonyl (C=O) groups is 1. The van der Waals surface area contributed by atoms with Crippen LogP contribution in [0.25, 0.3) is 0 Å². The first-order valence-corrected chi connectivity index (χ1v) is 9.83. The van der Waals surface area contributed by atoms with E-state index in [9.17, 15) is 13.2 Å². The highest BCUT2D eigenvalue weighted by molar-refractivity contribution is 7.92. The fourth-order valence-corrected chi connectivity index (χ4v) is 6.14. The fraction of sp³-hybridized carbons (Fsp3) is 0.278. The van der Waals surface area contributed by atoms with Gasteiger partial charge in [0, 0.05) is 23.7 Å². The van der Waals surface area contributed by atoms with E-state index in [1.54, 1.807) is 12.1 Å². The third-order valence-electron chi connectivity index (χ3n) is 5.48. The highest BCUT2D eigenvalue weighted by Crippen LogP contribution is 2.61. The van der Waals surface area contributed by atoms with Gasteiger partial charge in [-0.2, -0.15) is 0 Å². The summed E-state index contributed by atoms with van der Waals surface area (Å²) in [7, 11) is -3.61. The predicted octanol–water partition coefficient (Wildman–Crippen LogP) is 2.35. The van der Waals surface area contributed by atoms with Crippen molar-refractivity contribution in [2.24, 2.45) is 0 Å². The van der Waals surface area contributed by atoms with Gasteiger partial charge in [-0.1, -0.05) is 30.3 Å². The number of ketones is 1. The van der Waals surface area contributed by atoms with Crippen LogP contribution in [-0.2, 0) is 10.0 Å². The second-order valence-corrected chi connectivity index (χ2v) is 8.48. The van der Waals surface area contributed by atoms with E-state index in [2.05, 4.69) is 0 Å². The summed E-state index contributed by atoms with van der Waals surface area (Å²) < 4.78 is 26.8. The normalized spacial score (nSPS) is 27.0. The Morgan fingerprint density at radius 1 is 1.04 bits per heavy atom. The molecule has 24 heavy (non-hydrogen) atoms. The van der Waals surface area contributed by atoms with Crippen LogP contribution in [0.5, 0.6) is 0 Å². The molecule has 0 aromatic heterocycles. The number of hydrogen-bond donors (Lipinski definition) is 0. The maximum atomic E-state index is 13.5. The molecule has 0 aliphatic carbocycles. The average molecular weight is 340 g/mol. The van der Waals surface area contributed by atoms with Crippen molar-refractivity contribution < 1.29 is 13.2 Å². The van der Waals surface area contributed by atoms with Crippen LogP contribution in [0.3, 0.4) is 0 Å². The van der Waals surface area contributed by atoms with E-state index in [1.165, 1.54) is 10.6 Å². The number of sulfonamides is 1. The summed E-state index contributed by atoms with van der Waals surface area (Å²) >= 11 is 0. The van der Waals surface area contributed by atoms with Crippen LogP contribution in [0.1, 0.15) is 28.3 Å². The standard InChI is InChI=1S/C18H16N2O3S/c1-24(22,23)20-16-9-5-2-6-12(16)14-10-11-19-15-8-4-3-7-13(15)17(21)18(14,19)20/h2-9,14H,10-11H2,1H3/t14-,18-/m0/s1. The van der Waals surface area contributed by atoms with Gasteiger partial charge in [-0.3, -0.25) is 4.79 Å². The summed E-state index contributed by atoms with van der Waals surface area (Å²) in [5, 5.41) is 0. The third-order valence-corrected chi connectivity index (χ3v) is 6.62. The van der Waals surface area contributed by atoms with Crippen LogP contribution < -0.4 is 9.21 Å². The summed E-state index contributed by atoms with van der Waals surface area (Å²) in [5.41, 5.74) is 1.87. The molecule has 6 heteroatoms. The van der Waals surface area contributed by atoms with E-state index >= 15 is 0 Å². The van der Waals surface area contributed by atoms with Crippen molar-refractivity contribution in [1.29, 1.82) is 0 Å². The first kappa shape index (κ1) is 14.0. The van der Waals surface area contributed by atoms with Gasteiger partial charge in [0.15, 0.2) is 5.66 Å². The molecule has 0 amide bonds. The van der Waals surface area contributed by atoms with E-state index in [4.69, 9.17) is 0 Å². The second kappa shape index (κ2) is 4.19. The van der Waals surface area contributed by atoms with Crippen LogP contribution in [0.2, 0.25) is 0 Å². The Morgan fingerprint density at radius 2 is 1.71 bits per heavy atom. The van der Waals surface area contributed by atoms with Crippen molar-refractivity contribution in [3.8, 4) is 0 Å². The van der Waals surface area contributed by atoms with Crippen LogP contribution in [0.15, 0.2) is 48.5 Å². The van der Waals surface area contributed by atoms with Crippen molar-refractivity contribution in [2.45, 2.75) is 18.0 Å². The number of fused-ring (bicyclic) bond motifs is 4. The Labute approximate surface area is 140 Å². The van der Waals surface area contributed by atoms with E-state index in [0.29, 0.717) is 17.8 Å². The minimum atomic E-state index is -3.61. The lowest BCUT2D eigenvalue weighted by atomic mass is 9.87. The van der Waals surface area contributed by atoms with Gasteiger partial charge >= 0.3 is 0 Å². The average Bonchev–Trinajstić information content (AvgIpc) is 3.13. The monoisotopic (exact) mass is 340 g/mol. The number of anilines is 2. The Morgan fingerprint density at radius 3 is 2.46 bits per heavy atom. The molecule has 2 aromatic carbocycles. The van der Waals surface area contributed by atoms with Crippen molar-refractivity contribution >= 4 is 27.2 Å². The summed E-state index contributed by atoms with van der Waals surface area (Å²) in [5.74, 6) is -0.245. The molecule has 2 atom stereocenters. The summed E-state index contributed by atoms with van der Waals surface area (Å²) in [4.78, 5) is 15.5. The number of para-hydroxylation sites is 2. The third kappa shape index (κ3) is 1.37. The van der Waals surface area contributed by atoms with Crippen molar-refractivity contribution in [3.05, 3.63) is 59.7 Å². The Hall–Kier alpha value is -2.34. The summed E-state index contributed by atoms with van der Waals surface area (Å²) in [6.45, 7) is 0.674. The lowest BCUT2D eigenvalue weighted by Gasteiger charge is -2.39. The predicted molar refractivity (Wildman–Crippen MR) is 92.0 cm³/mol. The largest absolute Gasteiger partial charge is 0.340 e. The lowest BCUT2D eigenvalue weighted by Crippen LogP contribution is -2.61. The molecule has 1 saturated heterocycles. The number of carbonyl (C=O) groups excluding carboxylic acids is 1. The highest BCUT2D eigenvalue weighted by Gasteiger charge is 2.69. The number of rotatable bonds is 1. The molecule has 1 spiro atoms. The van der Waals surface area contributed by atoms with Gasteiger partial charge in [0.1, 0.15) is 0 Å². The van der Waals surface area contributed by atoms with E-state index in [-0.39, 0.29) is 11.7 Å². The van der Waals surface area contributed by atoms with Gasteiger partial charge in [-0.25, -0.2) is 12.7 Å². The molecule has 3 aliphatic heterocycles. The smallest absolute Gasteiger partial charge is 0.234 e. The number of hydrogen-bond acceptors (Lipinski definition) is 4. The molecule has 0 N–H and O–H groups in total. The Balaban J connectivity index is 1.87. The minimum Gasteiger partial charge on any atom is -0.340 e. The van der Waals surface area contributed by atoms with Crippen LogP contribution >= 0.6 is 0 Å². The van der Waals surface area contributed by atoms with Gasteiger partial charge in [0.25, 0.3) is 0 Å². The zero-order chi connectivity index (χ0) is 16.7. The zero-order valence-electron chi connectivity index (χ0n) is 13.1. The maximum absolute atomic E-state index is 13.5. The minimum absolute atomic E-state index is 0.109. The molecule has 5 rings (SSSR count). The molecular weight excluding hydrogens is 324 g/mol. The van der Waals surface area contributed by atoms with Gasteiger partial charge in [0.2, 0.25) is 15.8 Å². The zero-order valence-corrected chi connectivity index (χ0v) is 14.0. The lowest BCUT2D eigenvalue weighted by molar-refractivity contribution is 0.0909. The van der Waals surface area contributed by atoms with E-state index in [1.807, 2.05) is 41.3 Å². The fourth-order valence-electron chi connectivity index (χ4n) is 4.80. The number of benzene rings is 2. The van der Waals surface area contributed by atoms with Crippen LogP contribution in [-0.4, -0.2) is 32.7 Å². The Bertz CT molecular complexity index is 993. The molecule has 122 valence electrons. The van der Waals surface area contributed by atoms with Gasteiger partial charge in [-0.05, 0) is 30.2 Å². The first-order valence-electron chi connectivity index (χ1n) is 7.98. The van der Waals surface area contributed by atoms with E-state index < -0.39 is 15.7 Å². The molecule has 0 bridgehead atoms. The van der Waals surface area contributed by atoms with Gasteiger partial charge in [0.05, 0.1) is 11.9 Å². The van der Waals surface area contributed by atoms with Crippen molar-refractivity contribution in [3.63, 3.8) is 0 Å². The highest BCUT2D eigenvalue weighted by atomic mass is 32.2. The molecule has 3 heterocycles. The van der Waals surface area contributed by atoms with Crippen LogP contribution in [0.4, 0.5) is 11.4 Å². The molecule has 2 aromatic rings. The maximum Gasteiger partial charge on any atom is 0.234 e. The second-order valence-electron chi connectivity index (χ2n) is 6.65. The molecule has 3 aliphatic rings. The topological polar surface area (TPSA) is 57.7 Å². The van der Waals surface area contributed by atoms with Crippen molar-refractivity contribution in [2.75, 3.05) is 22.0 Å². The SMILES string of the molecule is CS(=O)(=O)N1c2ccccc2[C@@H]2CCN3c4ccccc4C(=O)[C@@]231. The van der Waals surface area contributed by atoms with E-state index in [0.717, 1.165) is 17.7 Å². The van der Waals surface area contributed by atoms with Crippen molar-refractivity contribution in [1.82, 2.24) is 0 Å². The summed E-state index contributed by atoms with van der Waals surface area (Å²) in [6.07, 6.45) is 1.96. The molecular formula is C18H16N2O3S. The molecule has 0 radical (unpaired) electrons. The number of nitrogens with zero attached hydrogens (tertiary/aromatic N) is 2. The molecule has 1 fully saturated rings. The molecule has 5 nitrogen and oxygen atoms in total. The molecule has 0 unspecified atom stereocenters. The first-order chi connectivity index (χ1) is 11.5.